The molecule has 0 bridgehead atoms. The molecule has 1 aromatic rings. The normalized spacial score (nSPS) is 16.9. The Morgan fingerprint density at radius 2 is 1.64 bits per heavy atom. The van der Waals surface area contributed by atoms with Gasteiger partial charge in [0.15, 0.2) is 5.78 Å². The van der Waals surface area contributed by atoms with E-state index in [1.807, 2.05) is 0 Å². The number of para-hydroxylation sites is 1. The highest BCUT2D eigenvalue weighted by Crippen LogP contribution is 2.38. The molecule has 2 rings (SSSR count). The molecule has 2 amide bonds. The van der Waals surface area contributed by atoms with E-state index in [4.69, 9.17) is 4.74 Å². The van der Waals surface area contributed by atoms with E-state index in [1.54, 1.807) is 31.2 Å². The van der Waals surface area contributed by atoms with Gasteiger partial charge in [-0.1, -0.05) is 70.1 Å². The molecule has 0 radical (unpaired) electrons. The number of unbranched alkanes of at least 4 members (excludes halogenated alkanes) is 7. The third-order valence-corrected chi connectivity index (χ3v) is 5.32. The summed E-state index contributed by atoms with van der Waals surface area (Å²) in [6.07, 6.45) is 8.96. The Kier molecular flexibility index (Phi) is 8.84. The molecule has 0 saturated heterocycles. The van der Waals surface area contributed by atoms with Gasteiger partial charge in [0.05, 0.1) is 5.69 Å². The lowest BCUT2D eigenvalue weighted by Gasteiger charge is -2.17. The maximum atomic E-state index is 12.9. The van der Waals surface area contributed by atoms with E-state index in [0.29, 0.717) is 17.9 Å². The summed E-state index contributed by atoms with van der Waals surface area (Å²) in [7, 11) is 0. The summed E-state index contributed by atoms with van der Waals surface area (Å²) < 4.78 is 5.72. The number of amides is 2. The van der Waals surface area contributed by atoms with Crippen LogP contribution in [0.3, 0.4) is 0 Å². The Morgan fingerprint density at radius 1 is 1.04 bits per heavy atom. The number of Topliss-reactive ketones (excluding diaryl/α,β-unsaturated/α-hetero) is 1. The van der Waals surface area contributed by atoms with Crippen molar-refractivity contribution in [1.29, 1.82) is 0 Å². The highest BCUT2D eigenvalue weighted by Gasteiger charge is 2.44. The van der Waals surface area contributed by atoms with E-state index in [0.717, 1.165) is 17.7 Å². The van der Waals surface area contributed by atoms with Crippen molar-refractivity contribution in [3.05, 3.63) is 29.8 Å². The zero-order valence-corrected chi connectivity index (χ0v) is 17.4. The lowest BCUT2D eigenvalue weighted by molar-refractivity contribution is -0.136. The predicted octanol–water partition coefficient (Wildman–Crippen LogP) is 4.78. The van der Waals surface area contributed by atoms with Crippen molar-refractivity contribution in [2.24, 2.45) is 0 Å². The number of hydrogen-bond donors (Lipinski definition) is 0. The molecule has 0 fully saturated rings. The number of nitrogens with zero attached hydrogens (tertiary/aromatic N) is 1. The smallest absolute Gasteiger partial charge is 0.249 e. The average molecular weight is 388 g/mol. The van der Waals surface area contributed by atoms with Crippen LogP contribution in [0.4, 0.5) is 5.69 Å². The first-order chi connectivity index (χ1) is 13.5. The van der Waals surface area contributed by atoms with E-state index < -0.39 is 17.9 Å². The molecule has 154 valence electrons. The zero-order valence-electron chi connectivity index (χ0n) is 17.4. The molecule has 0 saturated carbocycles. The van der Waals surface area contributed by atoms with Gasteiger partial charge in [0.25, 0.3) is 0 Å². The number of hydrogen-bond acceptors (Lipinski definition) is 4. The number of carbonyl (C=O) groups excluding carboxylic acids is 3. The third kappa shape index (κ3) is 5.51. The minimum absolute atomic E-state index is 0.277. The van der Waals surface area contributed by atoms with Gasteiger partial charge in [-0.05, 0) is 25.0 Å². The summed E-state index contributed by atoms with van der Waals surface area (Å²) in [4.78, 5) is 38.5. The molecule has 1 aliphatic heterocycles. The van der Waals surface area contributed by atoms with E-state index in [1.165, 1.54) is 45.4 Å². The number of imide groups is 1. The number of rotatable bonds is 12. The summed E-state index contributed by atoms with van der Waals surface area (Å²) in [5.74, 6) is -2.07. The molecule has 0 aromatic heterocycles. The van der Waals surface area contributed by atoms with Gasteiger partial charge in [-0.15, -0.1) is 0 Å². The maximum absolute atomic E-state index is 12.9. The van der Waals surface area contributed by atoms with Crippen molar-refractivity contribution in [1.82, 2.24) is 0 Å². The van der Waals surface area contributed by atoms with Crippen molar-refractivity contribution in [2.45, 2.75) is 84.2 Å². The molecule has 2 atom stereocenters. The number of carbonyl (C=O) groups is 3. The molecule has 1 aromatic carbocycles. The van der Waals surface area contributed by atoms with Gasteiger partial charge < -0.3 is 4.74 Å². The largest absolute Gasteiger partial charge is 0.371 e. The van der Waals surface area contributed by atoms with E-state index in [-0.39, 0.29) is 11.7 Å². The summed E-state index contributed by atoms with van der Waals surface area (Å²) in [6, 6.07) is 6.98. The number of ether oxygens (including phenoxy) is 1. The minimum atomic E-state index is -0.950. The second-order valence-corrected chi connectivity index (χ2v) is 7.57. The molecule has 1 heterocycles. The van der Waals surface area contributed by atoms with Crippen molar-refractivity contribution < 1.29 is 19.1 Å². The number of benzene rings is 1. The van der Waals surface area contributed by atoms with Gasteiger partial charge in [-0.2, -0.15) is 0 Å². The van der Waals surface area contributed by atoms with Crippen LogP contribution in [0.5, 0.6) is 0 Å². The fourth-order valence-corrected chi connectivity index (χ4v) is 3.73. The lowest BCUT2D eigenvalue weighted by atomic mass is 9.93. The van der Waals surface area contributed by atoms with E-state index in [2.05, 4.69) is 6.92 Å². The van der Waals surface area contributed by atoms with E-state index in [9.17, 15) is 14.4 Å². The molecule has 0 aliphatic carbocycles. The van der Waals surface area contributed by atoms with Crippen LogP contribution in [0.2, 0.25) is 0 Å². The van der Waals surface area contributed by atoms with Gasteiger partial charge in [0, 0.05) is 13.5 Å². The maximum Gasteiger partial charge on any atom is 0.249 e. The molecule has 1 aliphatic rings. The molecule has 5 heteroatoms. The molecule has 0 spiro atoms. The SMILES string of the molecule is CCCCCCCCCCOC(C)C(=O)C1C(=O)N(C(C)=O)c2ccccc21. The van der Waals surface area contributed by atoms with Gasteiger partial charge >= 0.3 is 0 Å². The van der Waals surface area contributed by atoms with E-state index >= 15 is 0 Å². The molecular formula is C23H33NO4. The highest BCUT2D eigenvalue weighted by molar-refractivity contribution is 6.27. The first kappa shape index (κ1) is 22.3. The van der Waals surface area contributed by atoms with Crippen LogP contribution < -0.4 is 4.90 Å². The summed E-state index contributed by atoms with van der Waals surface area (Å²) in [5, 5.41) is 0. The van der Waals surface area contributed by atoms with Crippen molar-refractivity contribution in [3.8, 4) is 0 Å². The molecular weight excluding hydrogens is 354 g/mol. The van der Waals surface area contributed by atoms with Crippen LogP contribution in [0.15, 0.2) is 24.3 Å². The fourth-order valence-electron chi connectivity index (χ4n) is 3.73. The van der Waals surface area contributed by atoms with Crippen LogP contribution in [-0.4, -0.2) is 30.3 Å². The van der Waals surface area contributed by atoms with Crippen LogP contribution in [0.1, 0.15) is 83.6 Å². The summed E-state index contributed by atoms with van der Waals surface area (Å²) >= 11 is 0. The predicted molar refractivity (Wildman–Crippen MR) is 110 cm³/mol. The van der Waals surface area contributed by atoms with Gasteiger partial charge in [0.1, 0.15) is 12.0 Å². The van der Waals surface area contributed by atoms with Crippen LogP contribution >= 0.6 is 0 Å². The zero-order chi connectivity index (χ0) is 20.5. The molecule has 5 nitrogen and oxygen atoms in total. The second-order valence-electron chi connectivity index (χ2n) is 7.57. The highest BCUT2D eigenvalue weighted by atomic mass is 16.5. The lowest BCUT2D eigenvalue weighted by Crippen LogP contribution is -2.38. The Labute approximate surface area is 168 Å². The Hall–Kier alpha value is -2.01. The molecule has 0 N–H and O–H groups in total. The monoisotopic (exact) mass is 387 g/mol. The second kappa shape index (κ2) is 11.1. The Balaban J connectivity index is 1.81. The topological polar surface area (TPSA) is 63.7 Å². The average Bonchev–Trinajstić information content (AvgIpc) is 2.97. The standard InChI is InChI=1S/C23H33NO4/c1-4-5-6-7-8-9-10-13-16-28-17(2)22(26)21-19-14-11-12-15-20(19)24(18(3)25)23(21)27/h11-12,14-15,17,21H,4-10,13,16H2,1-3H3. The molecule has 2 unspecified atom stereocenters. The van der Waals surface area contributed by atoms with Crippen LogP contribution in [-0.2, 0) is 19.1 Å². The minimum Gasteiger partial charge on any atom is -0.371 e. The molecule has 28 heavy (non-hydrogen) atoms. The number of anilines is 1. The summed E-state index contributed by atoms with van der Waals surface area (Å²) in [5.41, 5.74) is 1.10. The number of fused-ring (bicyclic) bond motifs is 1. The van der Waals surface area contributed by atoms with Crippen molar-refractivity contribution in [2.75, 3.05) is 11.5 Å². The Morgan fingerprint density at radius 3 is 2.29 bits per heavy atom. The van der Waals surface area contributed by atoms with Gasteiger partial charge in [-0.25, -0.2) is 4.90 Å². The quantitative estimate of drug-likeness (QED) is 0.382. The van der Waals surface area contributed by atoms with Crippen molar-refractivity contribution >= 4 is 23.3 Å². The van der Waals surface area contributed by atoms with Crippen LogP contribution in [0, 0.1) is 0 Å². The first-order valence-electron chi connectivity index (χ1n) is 10.6. The third-order valence-electron chi connectivity index (χ3n) is 5.32. The van der Waals surface area contributed by atoms with Crippen molar-refractivity contribution in [3.63, 3.8) is 0 Å². The fraction of sp³-hybridized carbons (Fsp3) is 0.609. The van der Waals surface area contributed by atoms with Crippen LogP contribution in [0.25, 0.3) is 0 Å². The van der Waals surface area contributed by atoms with Gasteiger partial charge in [0.2, 0.25) is 11.8 Å². The Bertz CT molecular complexity index is 685. The van der Waals surface area contributed by atoms with Gasteiger partial charge in [-0.3, -0.25) is 14.4 Å². The summed E-state index contributed by atoms with van der Waals surface area (Å²) in [6.45, 7) is 5.76. The first-order valence-corrected chi connectivity index (χ1v) is 10.6. The number of ketones is 1.